The number of hydrogen-bond donors (Lipinski definition) is 2. The van der Waals surface area contributed by atoms with Crippen LogP contribution in [0.1, 0.15) is 76.2 Å². The summed E-state index contributed by atoms with van der Waals surface area (Å²) in [5, 5.41) is 18.0. The van der Waals surface area contributed by atoms with Crippen LogP contribution in [0.5, 0.6) is 0 Å². The molecular formula is C23H42ClNO2. The van der Waals surface area contributed by atoms with Crippen LogP contribution in [0.2, 0.25) is 0 Å². The zero-order valence-electron chi connectivity index (χ0n) is 17.2. The summed E-state index contributed by atoms with van der Waals surface area (Å²) in [6.45, 7) is 2.75. The van der Waals surface area contributed by atoms with E-state index in [0.29, 0.717) is 13.1 Å². The fraction of sp³-hybridized carbons (Fsp3) is 0.739. The summed E-state index contributed by atoms with van der Waals surface area (Å²) in [4.78, 5) is 2.15. The predicted octanol–water partition coefficient (Wildman–Crippen LogP) is 5.23. The third-order valence-corrected chi connectivity index (χ3v) is 5.12. The summed E-state index contributed by atoms with van der Waals surface area (Å²) in [6.07, 6.45) is 16.0. The maximum atomic E-state index is 8.98. The van der Waals surface area contributed by atoms with Gasteiger partial charge in [0, 0.05) is 13.1 Å². The summed E-state index contributed by atoms with van der Waals surface area (Å²) in [5.41, 5.74) is 1.48. The van der Waals surface area contributed by atoms with Gasteiger partial charge in [0.15, 0.2) is 0 Å². The molecule has 4 heteroatoms. The summed E-state index contributed by atoms with van der Waals surface area (Å²) in [5.74, 6) is 0. The van der Waals surface area contributed by atoms with Gasteiger partial charge in [-0.3, -0.25) is 4.90 Å². The average Bonchev–Trinajstić information content (AvgIpc) is 2.66. The van der Waals surface area contributed by atoms with E-state index in [-0.39, 0.29) is 25.6 Å². The van der Waals surface area contributed by atoms with Gasteiger partial charge in [0.1, 0.15) is 0 Å². The van der Waals surface area contributed by atoms with Crippen LogP contribution in [0.25, 0.3) is 0 Å². The maximum Gasteiger partial charge on any atom is 0.0558 e. The standard InChI is InChI=1S/C23H41NO2.ClH/c25-21-19-24(20-22-26)18-14-9-7-5-3-1-2-4-6-8-11-15-23-16-12-10-13-17-23;/h10,12-13,16-17,25-26H,1-9,11,14-15,18-22H2;1H. The van der Waals surface area contributed by atoms with Gasteiger partial charge >= 0.3 is 0 Å². The molecule has 0 amide bonds. The number of unbranched alkanes of at least 4 members (excludes halogenated alkanes) is 10. The van der Waals surface area contributed by atoms with Gasteiger partial charge in [-0.15, -0.1) is 12.4 Å². The molecule has 3 nitrogen and oxygen atoms in total. The number of aryl methyl sites for hydroxylation is 1. The Hall–Kier alpha value is -0.610. The van der Waals surface area contributed by atoms with E-state index in [2.05, 4.69) is 35.2 Å². The second kappa shape index (κ2) is 20.1. The van der Waals surface area contributed by atoms with E-state index in [0.717, 1.165) is 6.54 Å². The highest BCUT2D eigenvalue weighted by molar-refractivity contribution is 5.85. The second-order valence-corrected chi connectivity index (χ2v) is 7.41. The zero-order chi connectivity index (χ0) is 18.7. The molecule has 0 heterocycles. The Morgan fingerprint density at radius 2 is 1.00 bits per heavy atom. The molecular weight excluding hydrogens is 358 g/mol. The Labute approximate surface area is 173 Å². The lowest BCUT2D eigenvalue weighted by Gasteiger charge is -2.19. The lowest BCUT2D eigenvalue weighted by atomic mass is 10.0. The topological polar surface area (TPSA) is 43.7 Å². The summed E-state index contributed by atoms with van der Waals surface area (Å²) in [6, 6.07) is 10.8. The molecule has 1 rings (SSSR count). The number of benzene rings is 1. The number of hydrogen-bond acceptors (Lipinski definition) is 3. The van der Waals surface area contributed by atoms with Gasteiger partial charge in [0.05, 0.1) is 13.2 Å². The number of nitrogens with zero attached hydrogens (tertiary/aromatic N) is 1. The van der Waals surface area contributed by atoms with E-state index >= 15 is 0 Å². The molecule has 0 bridgehead atoms. The number of aliphatic hydroxyl groups excluding tert-OH is 2. The fourth-order valence-electron chi connectivity index (χ4n) is 3.52. The Balaban J connectivity index is 0.00000676. The van der Waals surface area contributed by atoms with E-state index < -0.39 is 0 Å². The van der Waals surface area contributed by atoms with Crippen LogP contribution < -0.4 is 0 Å². The van der Waals surface area contributed by atoms with Crippen molar-refractivity contribution in [1.29, 1.82) is 0 Å². The normalized spacial score (nSPS) is 10.9. The molecule has 0 fully saturated rings. The Kier molecular flexibility index (Phi) is 19.7. The molecule has 0 spiro atoms. The molecule has 0 saturated heterocycles. The highest BCUT2D eigenvalue weighted by Gasteiger charge is 2.02. The number of halogens is 1. The minimum absolute atomic E-state index is 0. The van der Waals surface area contributed by atoms with E-state index in [1.165, 1.54) is 82.6 Å². The lowest BCUT2D eigenvalue weighted by molar-refractivity contribution is 0.159. The molecule has 27 heavy (non-hydrogen) atoms. The summed E-state index contributed by atoms with van der Waals surface area (Å²) < 4.78 is 0. The van der Waals surface area contributed by atoms with Crippen LogP contribution in [-0.2, 0) is 6.42 Å². The zero-order valence-corrected chi connectivity index (χ0v) is 18.0. The van der Waals surface area contributed by atoms with Crippen LogP contribution in [0, 0.1) is 0 Å². The Morgan fingerprint density at radius 3 is 1.48 bits per heavy atom. The van der Waals surface area contributed by atoms with Crippen molar-refractivity contribution in [1.82, 2.24) is 4.90 Å². The second-order valence-electron chi connectivity index (χ2n) is 7.41. The number of rotatable bonds is 18. The average molecular weight is 400 g/mol. The first-order valence-electron chi connectivity index (χ1n) is 10.8. The molecule has 0 atom stereocenters. The molecule has 2 N–H and O–H groups in total. The van der Waals surface area contributed by atoms with Crippen LogP contribution in [-0.4, -0.2) is 48.0 Å². The van der Waals surface area contributed by atoms with Gasteiger partial charge in [0.2, 0.25) is 0 Å². The van der Waals surface area contributed by atoms with Crippen molar-refractivity contribution >= 4 is 12.4 Å². The van der Waals surface area contributed by atoms with Gasteiger partial charge in [0.25, 0.3) is 0 Å². The van der Waals surface area contributed by atoms with Gasteiger partial charge in [-0.05, 0) is 31.4 Å². The molecule has 158 valence electrons. The molecule has 0 unspecified atom stereocenters. The molecule has 0 saturated carbocycles. The van der Waals surface area contributed by atoms with E-state index in [4.69, 9.17) is 10.2 Å². The third kappa shape index (κ3) is 16.1. The van der Waals surface area contributed by atoms with Gasteiger partial charge in [-0.25, -0.2) is 0 Å². The van der Waals surface area contributed by atoms with Crippen LogP contribution in [0.4, 0.5) is 0 Å². The van der Waals surface area contributed by atoms with Crippen molar-refractivity contribution in [3.05, 3.63) is 35.9 Å². The molecule has 1 aromatic rings. The van der Waals surface area contributed by atoms with Gasteiger partial charge < -0.3 is 10.2 Å². The van der Waals surface area contributed by atoms with Crippen molar-refractivity contribution in [2.24, 2.45) is 0 Å². The summed E-state index contributed by atoms with van der Waals surface area (Å²) in [7, 11) is 0. The van der Waals surface area contributed by atoms with Crippen molar-refractivity contribution in [3.8, 4) is 0 Å². The quantitative estimate of drug-likeness (QED) is 0.332. The van der Waals surface area contributed by atoms with E-state index in [1.54, 1.807) is 0 Å². The van der Waals surface area contributed by atoms with Crippen molar-refractivity contribution < 1.29 is 10.2 Å². The van der Waals surface area contributed by atoms with Gasteiger partial charge in [-0.2, -0.15) is 0 Å². The first-order chi connectivity index (χ1) is 12.9. The van der Waals surface area contributed by atoms with Crippen molar-refractivity contribution in [3.63, 3.8) is 0 Å². The Morgan fingerprint density at radius 1 is 0.556 bits per heavy atom. The minimum Gasteiger partial charge on any atom is -0.395 e. The molecule has 0 aliphatic carbocycles. The largest absolute Gasteiger partial charge is 0.395 e. The molecule has 0 aliphatic heterocycles. The first-order valence-corrected chi connectivity index (χ1v) is 10.8. The van der Waals surface area contributed by atoms with Crippen LogP contribution >= 0.6 is 12.4 Å². The van der Waals surface area contributed by atoms with Crippen LogP contribution in [0.15, 0.2) is 30.3 Å². The summed E-state index contributed by atoms with van der Waals surface area (Å²) >= 11 is 0. The highest BCUT2D eigenvalue weighted by atomic mass is 35.5. The molecule has 1 aromatic carbocycles. The first kappa shape index (κ1) is 26.4. The monoisotopic (exact) mass is 399 g/mol. The van der Waals surface area contributed by atoms with E-state index in [9.17, 15) is 0 Å². The van der Waals surface area contributed by atoms with E-state index in [1.807, 2.05) is 0 Å². The molecule has 0 radical (unpaired) electrons. The fourth-order valence-corrected chi connectivity index (χ4v) is 3.52. The maximum absolute atomic E-state index is 8.98. The van der Waals surface area contributed by atoms with Gasteiger partial charge in [-0.1, -0.05) is 88.1 Å². The van der Waals surface area contributed by atoms with Crippen molar-refractivity contribution in [2.45, 2.75) is 77.0 Å². The minimum atomic E-state index is 0. The Bertz CT molecular complexity index is 397. The third-order valence-electron chi connectivity index (χ3n) is 5.12. The lowest BCUT2D eigenvalue weighted by Crippen LogP contribution is -2.30. The molecule has 0 aliphatic rings. The smallest absolute Gasteiger partial charge is 0.0558 e. The predicted molar refractivity (Wildman–Crippen MR) is 119 cm³/mol. The number of aliphatic hydroxyl groups is 2. The van der Waals surface area contributed by atoms with Crippen molar-refractivity contribution in [2.75, 3.05) is 32.8 Å². The van der Waals surface area contributed by atoms with Crippen LogP contribution in [0.3, 0.4) is 0 Å². The SMILES string of the molecule is Cl.OCCN(CCO)CCCCCCCCCCCCCc1ccccc1. The highest BCUT2D eigenvalue weighted by Crippen LogP contribution is 2.13. The molecule has 0 aromatic heterocycles.